The summed E-state index contributed by atoms with van der Waals surface area (Å²) in [5.41, 5.74) is 4.06. The van der Waals surface area contributed by atoms with Gasteiger partial charge in [-0.3, -0.25) is 14.8 Å². The van der Waals surface area contributed by atoms with E-state index in [4.69, 9.17) is 4.74 Å². The third kappa shape index (κ3) is 5.48. The van der Waals surface area contributed by atoms with Crippen LogP contribution in [0.3, 0.4) is 0 Å². The molecular weight excluding hydrogens is 398 g/mol. The SMILES string of the molecule is CCOc1cncc(-c2ccc(C(=O)NCc3cncc(NSC4CC4)c3)cc2)n1. The molecule has 2 aromatic heterocycles. The molecule has 0 unspecified atom stereocenters. The first-order chi connectivity index (χ1) is 14.7. The van der Waals surface area contributed by atoms with E-state index in [1.54, 1.807) is 48.9 Å². The molecule has 1 saturated carbocycles. The summed E-state index contributed by atoms with van der Waals surface area (Å²) in [6, 6.07) is 9.28. The van der Waals surface area contributed by atoms with Crippen LogP contribution in [-0.4, -0.2) is 32.7 Å². The number of nitrogens with zero attached hydrogens (tertiary/aromatic N) is 3. The van der Waals surface area contributed by atoms with Crippen molar-refractivity contribution >= 4 is 23.5 Å². The maximum Gasteiger partial charge on any atom is 0.251 e. The molecule has 1 amide bonds. The van der Waals surface area contributed by atoms with Crippen molar-refractivity contribution in [2.75, 3.05) is 11.3 Å². The van der Waals surface area contributed by atoms with Crippen molar-refractivity contribution in [1.82, 2.24) is 20.3 Å². The van der Waals surface area contributed by atoms with Gasteiger partial charge in [-0.2, -0.15) is 0 Å². The number of nitrogens with one attached hydrogen (secondary N) is 2. The third-order valence-electron chi connectivity index (χ3n) is 4.46. The number of hydrogen-bond acceptors (Lipinski definition) is 7. The number of aromatic nitrogens is 3. The number of pyridine rings is 1. The van der Waals surface area contributed by atoms with E-state index in [1.807, 2.05) is 25.1 Å². The number of carbonyl (C=O) groups is 1. The second-order valence-corrected chi connectivity index (χ2v) is 8.04. The Morgan fingerprint density at radius 2 is 1.93 bits per heavy atom. The van der Waals surface area contributed by atoms with Crippen molar-refractivity contribution in [2.24, 2.45) is 0 Å². The molecule has 0 atom stereocenters. The van der Waals surface area contributed by atoms with Crippen LogP contribution in [0.2, 0.25) is 0 Å². The summed E-state index contributed by atoms with van der Waals surface area (Å²) in [5, 5.41) is 3.66. The minimum atomic E-state index is -0.138. The number of ether oxygens (including phenoxy) is 1. The monoisotopic (exact) mass is 421 g/mol. The van der Waals surface area contributed by atoms with Gasteiger partial charge in [-0.25, -0.2) is 4.98 Å². The third-order valence-corrected chi connectivity index (χ3v) is 5.62. The molecule has 1 aliphatic rings. The minimum Gasteiger partial charge on any atom is -0.477 e. The number of amides is 1. The fourth-order valence-electron chi connectivity index (χ4n) is 2.76. The average molecular weight is 422 g/mol. The van der Waals surface area contributed by atoms with E-state index in [0.717, 1.165) is 16.8 Å². The summed E-state index contributed by atoms with van der Waals surface area (Å²) >= 11 is 1.73. The number of benzene rings is 1. The first kappa shape index (κ1) is 20.2. The molecule has 1 aliphatic carbocycles. The molecule has 154 valence electrons. The highest BCUT2D eigenvalue weighted by Gasteiger charge is 2.22. The van der Waals surface area contributed by atoms with Gasteiger partial charge in [0, 0.05) is 29.1 Å². The second kappa shape index (κ2) is 9.58. The lowest BCUT2D eigenvalue weighted by molar-refractivity contribution is 0.0951. The maximum atomic E-state index is 12.5. The molecule has 30 heavy (non-hydrogen) atoms. The van der Waals surface area contributed by atoms with E-state index < -0.39 is 0 Å². The van der Waals surface area contributed by atoms with Gasteiger partial charge < -0.3 is 14.8 Å². The van der Waals surface area contributed by atoms with Gasteiger partial charge in [0.15, 0.2) is 0 Å². The Kier molecular flexibility index (Phi) is 6.44. The molecule has 4 rings (SSSR count). The van der Waals surface area contributed by atoms with Crippen LogP contribution < -0.4 is 14.8 Å². The van der Waals surface area contributed by atoms with Crippen molar-refractivity contribution in [1.29, 1.82) is 0 Å². The van der Waals surface area contributed by atoms with Crippen LogP contribution in [0, 0.1) is 0 Å². The van der Waals surface area contributed by atoms with Crippen molar-refractivity contribution < 1.29 is 9.53 Å². The highest BCUT2D eigenvalue weighted by Crippen LogP contribution is 2.34. The highest BCUT2D eigenvalue weighted by molar-refractivity contribution is 8.01. The predicted octanol–water partition coefficient (Wildman–Crippen LogP) is 4.09. The molecule has 3 aromatic rings. The summed E-state index contributed by atoms with van der Waals surface area (Å²) in [4.78, 5) is 25.3. The summed E-state index contributed by atoms with van der Waals surface area (Å²) < 4.78 is 8.72. The first-order valence-corrected chi connectivity index (χ1v) is 10.8. The molecule has 1 aromatic carbocycles. The van der Waals surface area contributed by atoms with Gasteiger partial charge in [0.25, 0.3) is 5.91 Å². The van der Waals surface area contributed by atoms with E-state index in [2.05, 4.69) is 25.0 Å². The molecule has 2 N–H and O–H groups in total. The van der Waals surface area contributed by atoms with Crippen molar-refractivity contribution in [3.8, 4) is 17.1 Å². The molecule has 0 bridgehead atoms. The Hall–Kier alpha value is -3.13. The van der Waals surface area contributed by atoms with Gasteiger partial charge in [0.05, 0.1) is 36.6 Å². The van der Waals surface area contributed by atoms with Gasteiger partial charge in [0.1, 0.15) is 0 Å². The van der Waals surface area contributed by atoms with E-state index in [0.29, 0.717) is 35.5 Å². The standard InChI is InChI=1S/C22H23N5O2S/c1-2-29-21-14-24-13-20(26-21)16-3-5-17(6-4-16)22(28)25-11-15-9-18(12-23-10-15)27-30-19-7-8-19/h3-6,9-10,12-14,19,27H,2,7-8,11H2,1H3,(H,25,28). The summed E-state index contributed by atoms with van der Waals surface area (Å²) in [6.07, 6.45) is 9.35. The van der Waals surface area contributed by atoms with Crippen LogP contribution in [0.15, 0.2) is 55.1 Å². The zero-order valence-electron chi connectivity index (χ0n) is 16.7. The second-order valence-electron chi connectivity index (χ2n) is 6.94. The predicted molar refractivity (Wildman–Crippen MR) is 118 cm³/mol. The molecule has 1 fully saturated rings. The molecule has 0 radical (unpaired) electrons. The average Bonchev–Trinajstić information content (AvgIpc) is 3.62. The Bertz CT molecular complexity index is 1010. The van der Waals surface area contributed by atoms with Gasteiger partial charge in [-0.1, -0.05) is 12.1 Å². The van der Waals surface area contributed by atoms with Crippen LogP contribution in [0.25, 0.3) is 11.3 Å². The summed E-state index contributed by atoms with van der Waals surface area (Å²) in [7, 11) is 0. The normalized spacial score (nSPS) is 13.0. The van der Waals surface area contributed by atoms with E-state index in [1.165, 1.54) is 12.8 Å². The number of hydrogen-bond donors (Lipinski definition) is 2. The van der Waals surface area contributed by atoms with E-state index in [9.17, 15) is 4.79 Å². The molecule has 0 spiro atoms. The Labute approximate surface area is 179 Å². The van der Waals surface area contributed by atoms with Gasteiger partial charge in [-0.05, 0) is 55.5 Å². The smallest absolute Gasteiger partial charge is 0.251 e. The highest BCUT2D eigenvalue weighted by atomic mass is 32.2. The first-order valence-electron chi connectivity index (χ1n) is 9.90. The fourth-order valence-corrected chi connectivity index (χ4v) is 3.54. The molecule has 7 nitrogen and oxygen atoms in total. The minimum absolute atomic E-state index is 0.138. The largest absolute Gasteiger partial charge is 0.477 e. The molecule has 2 heterocycles. The lowest BCUT2D eigenvalue weighted by atomic mass is 10.1. The Balaban J connectivity index is 1.34. The van der Waals surface area contributed by atoms with Gasteiger partial charge >= 0.3 is 0 Å². The van der Waals surface area contributed by atoms with Crippen LogP contribution in [0.5, 0.6) is 5.88 Å². The topological polar surface area (TPSA) is 89.0 Å². The zero-order chi connectivity index (χ0) is 20.8. The van der Waals surface area contributed by atoms with Gasteiger partial charge in [-0.15, -0.1) is 0 Å². The van der Waals surface area contributed by atoms with E-state index in [-0.39, 0.29) is 5.91 Å². The number of carbonyl (C=O) groups excluding carboxylic acids is 1. The van der Waals surface area contributed by atoms with Crippen molar-refractivity contribution in [3.63, 3.8) is 0 Å². The summed E-state index contributed by atoms with van der Waals surface area (Å²) in [6.45, 7) is 2.85. The van der Waals surface area contributed by atoms with Crippen molar-refractivity contribution in [3.05, 3.63) is 66.2 Å². The molecule has 0 aliphatic heterocycles. The molecule has 0 saturated heterocycles. The van der Waals surface area contributed by atoms with Crippen LogP contribution in [0.1, 0.15) is 35.7 Å². The number of anilines is 1. The maximum absolute atomic E-state index is 12.5. The molecule has 8 heteroatoms. The quantitative estimate of drug-likeness (QED) is 0.503. The lowest BCUT2D eigenvalue weighted by Gasteiger charge is -2.09. The molecular formula is C22H23N5O2S. The summed E-state index contributed by atoms with van der Waals surface area (Å²) in [5.74, 6) is 0.346. The Morgan fingerprint density at radius 3 is 2.70 bits per heavy atom. The van der Waals surface area contributed by atoms with Crippen LogP contribution >= 0.6 is 11.9 Å². The lowest BCUT2D eigenvalue weighted by Crippen LogP contribution is -2.22. The van der Waals surface area contributed by atoms with Gasteiger partial charge in [0.2, 0.25) is 5.88 Å². The van der Waals surface area contributed by atoms with E-state index >= 15 is 0 Å². The fraction of sp³-hybridized carbons (Fsp3) is 0.273. The Morgan fingerprint density at radius 1 is 1.13 bits per heavy atom. The van der Waals surface area contributed by atoms with Crippen molar-refractivity contribution in [2.45, 2.75) is 31.6 Å². The number of rotatable bonds is 9. The van der Waals surface area contributed by atoms with Crippen LogP contribution in [-0.2, 0) is 6.54 Å². The zero-order valence-corrected chi connectivity index (χ0v) is 17.5. The van der Waals surface area contributed by atoms with Crippen LogP contribution in [0.4, 0.5) is 5.69 Å².